The molecule has 0 bridgehead atoms. The van der Waals surface area contributed by atoms with Crippen molar-refractivity contribution in [2.75, 3.05) is 145 Å². The summed E-state index contributed by atoms with van der Waals surface area (Å²) in [6, 6.07) is 18.1. The van der Waals surface area contributed by atoms with Crippen LogP contribution in [0.1, 0.15) is 12.8 Å². The highest BCUT2D eigenvalue weighted by molar-refractivity contribution is 6.13. The van der Waals surface area contributed by atoms with Crippen LogP contribution in [0.3, 0.4) is 0 Å². The van der Waals surface area contributed by atoms with Crippen molar-refractivity contribution in [2.24, 2.45) is 0 Å². The van der Waals surface area contributed by atoms with Gasteiger partial charge in [0, 0.05) is 82.8 Å². The van der Waals surface area contributed by atoms with E-state index in [-0.39, 0.29) is 0 Å². The number of hydrogen-bond acceptors (Lipinski definition) is 19. The van der Waals surface area contributed by atoms with E-state index in [1.165, 1.54) is 28.6 Å². The number of morpholine rings is 2. The van der Waals surface area contributed by atoms with Crippen molar-refractivity contribution in [3.8, 4) is 22.8 Å². The molecule has 4 aliphatic rings. The van der Waals surface area contributed by atoms with Gasteiger partial charge in [0.25, 0.3) is 0 Å². The average molecular weight is 950 g/mol. The highest BCUT2D eigenvalue weighted by Gasteiger charge is 2.31. The van der Waals surface area contributed by atoms with Crippen molar-refractivity contribution in [2.45, 2.75) is 12.8 Å². The van der Waals surface area contributed by atoms with Gasteiger partial charge in [-0.2, -0.15) is 50.1 Å². The summed E-state index contributed by atoms with van der Waals surface area (Å²) in [5.41, 5.74) is 2.86. The Bertz CT molecular complexity index is 2480. The van der Waals surface area contributed by atoms with Crippen molar-refractivity contribution in [1.29, 1.82) is 0 Å². The van der Waals surface area contributed by atoms with Crippen LogP contribution in [0.25, 0.3) is 22.8 Å². The molecule has 4 saturated heterocycles. The monoisotopic (exact) mass is 949 g/mol. The molecule has 2 aromatic carbocycles. The number of pyridine rings is 1. The van der Waals surface area contributed by atoms with Crippen LogP contribution in [0.5, 0.6) is 0 Å². The highest BCUT2D eigenvalue weighted by Crippen LogP contribution is 2.31. The number of urea groups is 2. The van der Waals surface area contributed by atoms with E-state index in [9.17, 15) is 9.59 Å². The lowest BCUT2D eigenvalue weighted by Gasteiger charge is -2.34. The Kier molecular flexibility index (Phi) is 14.6. The summed E-state index contributed by atoms with van der Waals surface area (Å²) in [7, 11) is 0. The number of rotatable bonds is 10. The van der Waals surface area contributed by atoms with Crippen LogP contribution in [-0.4, -0.2) is 162 Å². The fourth-order valence-electron chi connectivity index (χ4n) is 8.45. The Morgan fingerprint density at radius 1 is 0.486 bits per heavy atom. The Morgan fingerprint density at radius 2 is 0.943 bits per heavy atom. The second-order valence-corrected chi connectivity index (χ2v) is 16.8. The molecule has 10 rings (SSSR count). The van der Waals surface area contributed by atoms with E-state index in [1.54, 1.807) is 48.7 Å². The van der Waals surface area contributed by atoms with E-state index in [0.29, 0.717) is 122 Å². The molecular weight excluding hydrogens is 895 g/mol. The first-order valence-corrected chi connectivity index (χ1v) is 23.7. The van der Waals surface area contributed by atoms with Crippen molar-refractivity contribution in [1.82, 2.24) is 55.7 Å². The maximum absolute atomic E-state index is 14.8. The number of ether oxygens (including phenoxy) is 2. The Balaban J connectivity index is 1.03. The minimum absolute atomic E-state index is 0.346. The number of anilines is 8. The van der Waals surface area contributed by atoms with Gasteiger partial charge >= 0.3 is 12.1 Å². The minimum atomic E-state index is -0.665. The smallest absolute Gasteiger partial charge is 0.345 e. The first kappa shape index (κ1) is 46.0. The van der Waals surface area contributed by atoms with Gasteiger partial charge in [0.05, 0.1) is 67.8 Å². The Morgan fingerprint density at radius 3 is 1.37 bits per heavy atom. The standard InChI is InChI=1S/C47H55N19O4/c67-46(53-36-4-1-14-50-32-36)65(38-9-5-34(6-10-38)40-55-42(61-20-2-15-48-18-22-61)59-44(57-40)63-24-28-69-29-25-63)66(47(68)54-37-13-17-51-52-33-37)39-11-7-35(8-12-39)41-56-43(62-21-3-16-49-19-23-62)60-45(58-41)64-26-30-70-31-27-64/h1,4-14,17,32-33,48-49H,2-3,15-16,18-31H2,(H,53,67)(H,51,54,68). The molecule has 4 fully saturated rings. The third kappa shape index (κ3) is 11.1. The number of hydrogen-bond donors (Lipinski definition) is 4. The summed E-state index contributed by atoms with van der Waals surface area (Å²) in [6.45, 7) is 11.5. The van der Waals surface area contributed by atoms with Gasteiger partial charge in [-0.3, -0.25) is 4.98 Å². The summed E-state index contributed by atoms with van der Waals surface area (Å²) in [6.07, 6.45) is 7.94. The molecule has 6 aromatic rings. The van der Waals surface area contributed by atoms with Gasteiger partial charge in [-0.25, -0.2) is 9.59 Å². The van der Waals surface area contributed by atoms with E-state index in [2.05, 4.69) is 56.0 Å². The number of benzene rings is 2. The molecule has 4 amide bonds. The van der Waals surface area contributed by atoms with E-state index >= 15 is 0 Å². The fourth-order valence-corrected chi connectivity index (χ4v) is 8.45. The molecule has 4 N–H and O–H groups in total. The normalized spacial score (nSPS) is 16.7. The van der Waals surface area contributed by atoms with Gasteiger partial charge in [-0.05, 0) is 92.7 Å². The highest BCUT2D eigenvalue weighted by atomic mass is 16.5. The molecule has 23 nitrogen and oxygen atoms in total. The first-order chi connectivity index (χ1) is 34.5. The largest absolute Gasteiger partial charge is 0.378 e. The van der Waals surface area contributed by atoms with Gasteiger partial charge < -0.3 is 50.3 Å². The summed E-state index contributed by atoms with van der Waals surface area (Å²) >= 11 is 0. The van der Waals surface area contributed by atoms with Gasteiger partial charge in [-0.15, -0.1) is 0 Å². The lowest BCUT2D eigenvalue weighted by atomic mass is 10.1. The Labute approximate surface area is 404 Å². The lowest BCUT2D eigenvalue weighted by Crippen LogP contribution is -2.54. The molecule has 23 heteroatoms. The number of nitrogens with one attached hydrogen (secondary N) is 4. The average Bonchev–Trinajstić information content (AvgIpc) is 3.88. The zero-order valence-corrected chi connectivity index (χ0v) is 38.7. The molecule has 0 radical (unpaired) electrons. The molecule has 362 valence electrons. The summed E-state index contributed by atoms with van der Waals surface area (Å²) in [4.78, 5) is 72.3. The number of carbonyl (C=O) groups is 2. The molecule has 70 heavy (non-hydrogen) atoms. The fraction of sp³-hybridized carbons (Fsp3) is 0.383. The summed E-state index contributed by atoms with van der Waals surface area (Å²) in [5, 5.41) is 23.1. The molecule has 4 aliphatic heterocycles. The van der Waals surface area contributed by atoms with Crippen LogP contribution in [0.2, 0.25) is 0 Å². The van der Waals surface area contributed by atoms with Crippen LogP contribution in [0, 0.1) is 0 Å². The van der Waals surface area contributed by atoms with E-state index in [0.717, 1.165) is 65.2 Å². The molecule has 8 heterocycles. The van der Waals surface area contributed by atoms with E-state index in [4.69, 9.17) is 39.4 Å². The quantitative estimate of drug-likeness (QED) is 0.144. The van der Waals surface area contributed by atoms with Crippen molar-refractivity contribution in [3.05, 3.63) is 91.5 Å². The first-order valence-electron chi connectivity index (χ1n) is 23.7. The predicted molar refractivity (Wildman–Crippen MR) is 265 cm³/mol. The van der Waals surface area contributed by atoms with Crippen molar-refractivity contribution in [3.63, 3.8) is 0 Å². The Hall–Kier alpha value is -7.73. The van der Waals surface area contributed by atoms with Gasteiger partial charge in [0.15, 0.2) is 11.6 Å². The number of aromatic nitrogens is 9. The zero-order chi connectivity index (χ0) is 47.5. The number of hydrazine groups is 1. The zero-order valence-electron chi connectivity index (χ0n) is 38.7. The molecule has 4 aromatic heterocycles. The molecule has 0 aliphatic carbocycles. The van der Waals surface area contributed by atoms with Crippen molar-refractivity contribution >= 4 is 58.6 Å². The SMILES string of the molecule is O=C(Nc1cccnc1)N(c1ccc(-c2nc(N3CCCNCC3)nc(N3CCOCC3)n2)cc1)N(C(=O)Nc1ccnnc1)c1ccc(-c2nc(N3CCCNCC3)nc(N3CCOCC3)n2)cc1. The van der Waals surface area contributed by atoms with Gasteiger partial charge in [0.2, 0.25) is 23.8 Å². The molecular formula is C47H55N19O4. The lowest BCUT2D eigenvalue weighted by molar-refractivity contribution is 0.122. The van der Waals surface area contributed by atoms with E-state index < -0.39 is 12.1 Å². The second kappa shape index (κ2) is 22.1. The maximum Gasteiger partial charge on any atom is 0.345 e. The number of nitrogens with zero attached hydrogens (tertiary/aromatic N) is 15. The van der Waals surface area contributed by atoms with Gasteiger partial charge in [0.1, 0.15) is 0 Å². The van der Waals surface area contributed by atoms with Crippen molar-refractivity contribution < 1.29 is 19.1 Å². The molecule has 0 unspecified atom stereocenters. The van der Waals surface area contributed by atoms with Crippen LogP contribution in [-0.2, 0) is 9.47 Å². The molecule has 0 spiro atoms. The molecule has 0 atom stereocenters. The van der Waals surface area contributed by atoms with E-state index in [1.807, 2.05) is 24.3 Å². The van der Waals surface area contributed by atoms with Gasteiger partial charge in [-0.1, -0.05) is 0 Å². The maximum atomic E-state index is 14.8. The third-order valence-corrected chi connectivity index (χ3v) is 12.1. The van der Waals surface area contributed by atoms with Crippen LogP contribution < -0.4 is 50.9 Å². The minimum Gasteiger partial charge on any atom is -0.378 e. The number of amides is 4. The third-order valence-electron chi connectivity index (χ3n) is 12.1. The van der Waals surface area contributed by atoms with Crippen LogP contribution in [0.4, 0.5) is 56.1 Å². The second-order valence-electron chi connectivity index (χ2n) is 16.8. The predicted octanol–water partition coefficient (Wildman–Crippen LogP) is 3.54. The summed E-state index contributed by atoms with van der Waals surface area (Å²) in [5.74, 6) is 3.29. The topological polar surface area (TPSA) is 236 Å². The number of carbonyl (C=O) groups excluding carboxylic acids is 2. The van der Waals surface area contributed by atoms with Crippen LogP contribution >= 0.6 is 0 Å². The molecule has 0 saturated carbocycles. The summed E-state index contributed by atoms with van der Waals surface area (Å²) < 4.78 is 11.3. The van der Waals surface area contributed by atoms with Crippen LogP contribution in [0.15, 0.2) is 91.5 Å².